The Morgan fingerprint density at radius 1 is 1.10 bits per heavy atom. The van der Waals surface area contributed by atoms with Gasteiger partial charge in [-0.2, -0.15) is 0 Å². The molecule has 0 aliphatic carbocycles. The average Bonchev–Trinajstić information content (AvgIpc) is 3.25. The predicted octanol–water partition coefficient (Wildman–Crippen LogP) is 5.57. The number of methoxy groups -OCH3 is 1. The molecule has 1 aliphatic rings. The lowest BCUT2D eigenvalue weighted by Crippen LogP contribution is -2.39. The number of sulfone groups is 1. The number of para-hydroxylation sites is 1. The zero-order chi connectivity index (χ0) is 21.3. The van der Waals surface area contributed by atoms with E-state index in [1.54, 1.807) is 30.6 Å². The molecule has 0 saturated carbocycles. The Morgan fingerprint density at radius 3 is 2.57 bits per heavy atom. The van der Waals surface area contributed by atoms with Gasteiger partial charge in [0.2, 0.25) is 0 Å². The summed E-state index contributed by atoms with van der Waals surface area (Å²) in [6.07, 6.45) is 1.02. The molecule has 1 aromatic heterocycles. The highest BCUT2D eigenvalue weighted by Crippen LogP contribution is 2.36. The van der Waals surface area contributed by atoms with Gasteiger partial charge in [-0.3, -0.25) is 0 Å². The molecule has 0 amide bonds. The van der Waals surface area contributed by atoms with Crippen molar-refractivity contribution in [1.29, 1.82) is 0 Å². The SMILES string of the molecule is COc1ccccc1-c1csc(N2CCC(S(=O)(=O)c3cccc(Cl)c3Cl)CC2)n1. The third-order valence-corrected chi connectivity index (χ3v) is 9.38. The van der Waals surface area contributed by atoms with Crippen LogP contribution in [0.3, 0.4) is 0 Å². The normalized spacial score (nSPS) is 15.4. The first-order chi connectivity index (χ1) is 14.4. The van der Waals surface area contributed by atoms with Gasteiger partial charge in [-0.15, -0.1) is 11.3 Å². The Morgan fingerprint density at radius 2 is 1.83 bits per heavy atom. The first-order valence-corrected chi connectivity index (χ1v) is 12.6. The summed E-state index contributed by atoms with van der Waals surface area (Å²) in [7, 11) is -1.90. The van der Waals surface area contributed by atoms with E-state index in [2.05, 4.69) is 4.90 Å². The van der Waals surface area contributed by atoms with Crippen molar-refractivity contribution < 1.29 is 13.2 Å². The van der Waals surface area contributed by atoms with Crippen LogP contribution < -0.4 is 9.64 Å². The molecule has 0 spiro atoms. The summed E-state index contributed by atoms with van der Waals surface area (Å²) in [6, 6.07) is 12.5. The van der Waals surface area contributed by atoms with Crippen LogP contribution in [0.4, 0.5) is 5.13 Å². The maximum Gasteiger partial charge on any atom is 0.185 e. The molecule has 1 saturated heterocycles. The minimum Gasteiger partial charge on any atom is -0.496 e. The third-order valence-electron chi connectivity index (χ3n) is 5.25. The van der Waals surface area contributed by atoms with Crippen molar-refractivity contribution in [2.24, 2.45) is 0 Å². The fourth-order valence-corrected chi connectivity index (χ4v) is 7.01. The summed E-state index contributed by atoms with van der Waals surface area (Å²) in [5.74, 6) is 0.776. The molecule has 158 valence electrons. The minimum atomic E-state index is -3.54. The van der Waals surface area contributed by atoms with E-state index in [1.807, 2.05) is 29.6 Å². The molecule has 2 aromatic carbocycles. The summed E-state index contributed by atoms with van der Waals surface area (Å²) in [4.78, 5) is 7.01. The van der Waals surface area contributed by atoms with Gasteiger partial charge in [0.15, 0.2) is 15.0 Å². The smallest absolute Gasteiger partial charge is 0.185 e. The topological polar surface area (TPSA) is 59.5 Å². The van der Waals surface area contributed by atoms with Crippen LogP contribution in [0.2, 0.25) is 10.0 Å². The standard InChI is InChI=1S/C21H20Cl2N2O3S2/c1-28-18-7-3-2-5-15(18)17-13-29-21(24-17)25-11-9-14(10-12-25)30(26,27)19-8-4-6-16(22)20(19)23/h2-8,13-14H,9-12H2,1H3. The zero-order valence-corrected chi connectivity index (χ0v) is 19.4. The van der Waals surface area contributed by atoms with E-state index >= 15 is 0 Å². The molecule has 0 bridgehead atoms. The molecule has 0 radical (unpaired) electrons. The van der Waals surface area contributed by atoms with Crippen LogP contribution in [-0.2, 0) is 9.84 Å². The molecule has 0 atom stereocenters. The fraction of sp³-hybridized carbons (Fsp3) is 0.286. The van der Waals surface area contributed by atoms with E-state index in [0.29, 0.717) is 25.9 Å². The third kappa shape index (κ3) is 4.04. The van der Waals surface area contributed by atoms with Gasteiger partial charge in [-0.25, -0.2) is 13.4 Å². The number of ether oxygens (including phenoxy) is 1. The number of aromatic nitrogens is 1. The molecule has 1 fully saturated rings. The summed E-state index contributed by atoms with van der Waals surface area (Å²) in [5.41, 5.74) is 1.79. The van der Waals surface area contributed by atoms with Crippen molar-refractivity contribution >= 4 is 49.5 Å². The highest BCUT2D eigenvalue weighted by Gasteiger charge is 2.33. The van der Waals surface area contributed by atoms with Gasteiger partial charge in [0.05, 0.1) is 33.0 Å². The van der Waals surface area contributed by atoms with Gasteiger partial charge in [0, 0.05) is 24.0 Å². The van der Waals surface area contributed by atoms with Crippen LogP contribution in [0.25, 0.3) is 11.3 Å². The Hall–Kier alpha value is -1.80. The quantitative estimate of drug-likeness (QED) is 0.475. The number of hydrogen-bond acceptors (Lipinski definition) is 6. The Balaban J connectivity index is 1.49. The Labute approximate surface area is 190 Å². The second-order valence-electron chi connectivity index (χ2n) is 7.00. The van der Waals surface area contributed by atoms with Gasteiger partial charge in [-0.1, -0.05) is 41.4 Å². The van der Waals surface area contributed by atoms with Gasteiger partial charge < -0.3 is 9.64 Å². The lowest BCUT2D eigenvalue weighted by Gasteiger charge is -2.31. The highest BCUT2D eigenvalue weighted by atomic mass is 35.5. The molecule has 9 heteroatoms. The number of piperidine rings is 1. The summed E-state index contributed by atoms with van der Waals surface area (Å²) in [6.45, 7) is 1.22. The molecule has 0 unspecified atom stereocenters. The maximum atomic E-state index is 13.1. The lowest BCUT2D eigenvalue weighted by molar-refractivity contribution is 0.416. The number of benzene rings is 2. The first-order valence-electron chi connectivity index (χ1n) is 9.43. The maximum absolute atomic E-state index is 13.1. The molecule has 1 aliphatic heterocycles. The van der Waals surface area contributed by atoms with Crippen molar-refractivity contribution in [2.75, 3.05) is 25.1 Å². The van der Waals surface area contributed by atoms with Crippen LogP contribution in [0.1, 0.15) is 12.8 Å². The van der Waals surface area contributed by atoms with Crippen LogP contribution in [-0.4, -0.2) is 38.9 Å². The Kier molecular flexibility index (Phi) is 6.25. The van der Waals surface area contributed by atoms with Gasteiger partial charge in [0.25, 0.3) is 0 Å². The molecule has 3 aromatic rings. The van der Waals surface area contributed by atoms with Crippen molar-refractivity contribution in [3.05, 3.63) is 57.9 Å². The average molecular weight is 483 g/mol. The van der Waals surface area contributed by atoms with E-state index in [9.17, 15) is 8.42 Å². The number of rotatable bonds is 5. The van der Waals surface area contributed by atoms with Crippen LogP contribution in [0.15, 0.2) is 52.7 Å². The molecule has 5 nitrogen and oxygen atoms in total. The molecular weight excluding hydrogens is 463 g/mol. The molecule has 2 heterocycles. The predicted molar refractivity (Wildman–Crippen MR) is 123 cm³/mol. The van der Waals surface area contributed by atoms with Crippen molar-refractivity contribution in [3.63, 3.8) is 0 Å². The van der Waals surface area contributed by atoms with E-state index < -0.39 is 15.1 Å². The number of nitrogens with zero attached hydrogens (tertiary/aromatic N) is 2. The van der Waals surface area contributed by atoms with E-state index in [1.165, 1.54) is 6.07 Å². The monoisotopic (exact) mass is 482 g/mol. The van der Waals surface area contributed by atoms with Crippen molar-refractivity contribution in [3.8, 4) is 17.0 Å². The number of anilines is 1. The van der Waals surface area contributed by atoms with Gasteiger partial charge >= 0.3 is 0 Å². The van der Waals surface area contributed by atoms with Crippen molar-refractivity contribution in [1.82, 2.24) is 4.98 Å². The molecular formula is C21H20Cl2N2O3S2. The zero-order valence-electron chi connectivity index (χ0n) is 16.2. The second kappa shape index (κ2) is 8.75. The van der Waals surface area contributed by atoms with E-state index in [-0.39, 0.29) is 14.9 Å². The van der Waals surface area contributed by atoms with E-state index in [4.69, 9.17) is 32.9 Å². The number of hydrogen-bond donors (Lipinski definition) is 0. The summed E-state index contributed by atoms with van der Waals surface area (Å²) >= 11 is 13.7. The molecule has 4 rings (SSSR count). The number of halogens is 2. The summed E-state index contributed by atoms with van der Waals surface area (Å²) < 4.78 is 31.6. The largest absolute Gasteiger partial charge is 0.496 e. The summed E-state index contributed by atoms with van der Waals surface area (Å²) in [5, 5.41) is 2.75. The van der Waals surface area contributed by atoms with Gasteiger partial charge in [-0.05, 0) is 37.1 Å². The first kappa shape index (κ1) is 21.4. The van der Waals surface area contributed by atoms with Crippen LogP contribution >= 0.6 is 34.5 Å². The molecule has 0 N–H and O–H groups in total. The van der Waals surface area contributed by atoms with Crippen LogP contribution in [0.5, 0.6) is 5.75 Å². The minimum absolute atomic E-state index is 0.1000. The number of thiazole rings is 1. The Bertz CT molecular complexity index is 1160. The second-order valence-corrected chi connectivity index (χ2v) is 10.8. The van der Waals surface area contributed by atoms with Crippen molar-refractivity contribution in [2.45, 2.75) is 23.0 Å². The highest BCUT2D eigenvalue weighted by molar-refractivity contribution is 7.92. The van der Waals surface area contributed by atoms with Gasteiger partial charge in [0.1, 0.15) is 5.75 Å². The fourth-order valence-electron chi connectivity index (χ4n) is 3.63. The van der Waals surface area contributed by atoms with E-state index in [0.717, 1.165) is 22.1 Å². The lowest BCUT2D eigenvalue weighted by atomic mass is 10.1. The van der Waals surface area contributed by atoms with Crippen LogP contribution in [0, 0.1) is 0 Å². The molecule has 30 heavy (non-hydrogen) atoms.